The molecule has 2 aromatic carbocycles. The van der Waals surface area contributed by atoms with Gasteiger partial charge in [0.25, 0.3) is 0 Å². The van der Waals surface area contributed by atoms with E-state index in [1.165, 1.54) is 87.9 Å². The minimum atomic E-state index is 0.801. The monoisotopic (exact) mass is 404 g/mol. The Morgan fingerprint density at radius 1 is 0.867 bits per heavy atom. The number of benzene rings is 2. The zero-order valence-electron chi connectivity index (χ0n) is 18.3. The molecule has 0 amide bonds. The van der Waals surface area contributed by atoms with Crippen LogP contribution in [0.3, 0.4) is 0 Å². The molecular formula is C27H36N2O. The number of likely N-dealkylation sites (tertiary alicyclic amines) is 1. The molecule has 0 N–H and O–H groups in total. The number of hydrogen-bond acceptors (Lipinski definition) is 3. The lowest BCUT2D eigenvalue weighted by molar-refractivity contribution is 0.261. The molecule has 1 fully saturated rings. The zero-order chi connectivity index (χ0) is 20.2. The topological polar surface area (TPSA) is 15.7 Å². The summed E-state index contributed by atoms with van der Waals surface area (Å²) in [4.78, 5) is 5.21. The largest absolute Gasteiger partial charge is 0.494 e. The summed E-state index contributed by atoms with van der Waals surface area (Å²) in [6.45, 7) is 7.00. The minimum Gasteiger partial charge on any atom is -0.494 e. The van der Waals surface area contributed by atoms with Gasteiger partial charge in [0.05, 0.1) is 6.61 Å². The van der Waals surface area contributed by atoms with Crippen LogP contribution in [-0.4, -0.2) is 44.2 Å². The van der Waals surface area contributed by atoms with Crippen LogP contribution in [0.4, 0.5) is 5.69 Å². The van der Waals surface area contributed by atoms with E-state index in [4.69, 9.17) is 4.74 Å². The molecule has 5 rings (SSSR count). The number of nitrogens with zero attached hydrogens (tertiary/aromatic N) is 2. The normalized spacial score (nSPS) is 21.3. The standard InChI is InChI=1S/C27H36N2O/c1-2-9-27-23(7-1)8-5-16-29(27)17-6-18-30-26-13-12-24-19-22(10-11-25(24)20-26)21-28-14-3-4-15-28/h1-2,7,9,12-13,20,22H,3-6,8,10-11,14-19,21H2. The SMILES string of the molecule is c1ccc2c(c1)CCCN2CCCOc1ccc2c(c1)CCC(CN1CCCC1)C2. The molecule has 3 aliphatic rings. The molecule has 0 bridgehead atoms. The van der Waals surface area contributed by atoms with Crippen molar-refractivity contribution in [1.82, 2.24) is 4.90 Å². The summed E-state index contributed by atoms with van der Waals surface area (Å²) in [6, 6.07) is 15.7. The highest BCUT2D eigenvalue weighted by molar-refractivity contribution is 5.55. The number of fused-ring (bicyclic) bond motifs is 2. The summed E-state index contributed by atoms with van der Waals surface area (Å²) >= 11 is 0. The van der Waals surface area contributed by atoms with E-state index in [-0.39, 0.29) is 0 Å². The highest BCUT2D eigenvalue weighted by Crippen LogP contribution is 2.30. The van der Waals surface area contributed by atoms with Gasteiger partial charge in [-0.1, -0.05) is 24.3 Å². The second-order valence-electron chi connectivity index (χ2n) is 9.47. The Morgan fingerprint density at radius 2 is 1.77 bits per heavy atom. The van der Waals surface area contributed by atoms with Gasteiger partial charge in [-0.3, -0.25) is 0 Å². The van der Waals surface area contributed by atoms with E-state index < -0.39 is 0 Å². The Balaban J connectivity index is 1.10. The molecule has 0 radical (unpaired) electrons. The van der Waals surface area contributed by atoms with E-state index in [1.54, 1.807) is 5.56 Å². The maximum atomic E-state index is 6.15. The molecule has 2 aromatic rings. The van der Waals surface area contributed by atoms with Gasteiger partial charge >= 0.3 is 0 Å². The summed E-state index contributed by atoms with van der Waals surface area (Å²) in [7, 11) is 0. The summed E-state index contributed by atoms with van der Waals surface area (Å²) < 4.78 is 6.15. The van der Waals surface area contributed by atoms with Crippen LogP contribution in [0.5, 0.6) is 5.75 Å². The van der Waals surface area contributed by atoms with Crippen LogP contribution in [0.25, 0.3) is 0 Å². The fraction of sp³-hybridized carbons (Fsp3) is 0.556. The number of rotatable bonds is 7. The lowest BCUT2D eigenvalue weighted by Gasteiger charge is -2.31. The van der Waals surface area contributed by atoms with Crippen molar-refractivity contribution in [2.45, 2.75) is 51.4 Å². The summed E-state index contributed by atoms with van der Waals surface area (Å²) in [5, 5.41) is 0. The smallest absolute Gasteiger partial charge is 0.119 e. The fourth-order valence-corrected chi connectivity index (χ4v) is 5.67. The van der Waals surface area contributed by atoms with Crippen LogP contribution in [0.15, 0.2) is 42.5 Å². The van der Waals surface area contributed by atoms with E-state index in [1.807, 2.05) is 0 Å². The lowest BCUT2D eigenvalue weighted by Crippen LogP contribution is -2.31. The van der Waals surface area contributed by atoms with Gasteiger partial charge in [-0.05, 0) is 105 Å². The van der Waals surface area contributed by atoms with Crippen LogP contribution < -0.4 is 9.64 Å². The molecule has 1 aliphatic carbocycles. The van der Waals surface area contributed by atoms with E-state index in [2.05, 4.69) is 52.3 Å². The van der Waals surface area contributed by atoms with Crippen molar-refractivity contribution in [3.63, 3.8) is 0 Å². The third-order valence-electron chi connectivity index (χ3n) is 7.27. The molecule has 0 aromatic heterocycles. The van der Waals surface area contributed by atoms with Gasteiger partial charge in [-0.15, -0.1) is 0 Å². The molecule has 3 heteroatoms. The molecular weight excluding hydrogens is 368 g/mol. The maximum Gasteiger partial charge on any atom is 0.119 e. The Morgan fingerprint density at radius 3 is 2.70 bits per heavy atom. The fourth-order valence-electron chi connectivity index (χ4n) is 5.67. The molecule has 1 atom stereocenters. The van der Waals surface area contributed by atoms with Crippen molar-refractivity contribution in [2.24, 2.45) is 5.92 Å². The second kappa shape index (κ2) is 9.43. The van der Waals surface area contributed by atoms with E-state index in [0.29, 0.717) is 0 Å². The van der Waals surface area contributed by atoms with Crippen LogP contribution in [-0.2, 0) is 19.3 Å². The maximum absolute atomic E-state index is 6.15. The summed E-state index contributed by atoms with van der Waals surface area (Å²) in [5.74, 6) is 1.90. The van der Waals surface area contributed by atoms with Gasteiger partial charge < -0.3 is 14.5 Å². The van der Waals surface area contributed by atoms with Crippen molar-refractivity contribution in [2.75, 3.05) is 44.2 Å². The number of anilines is 1. The van der Waals surface area contributed by atoms with E-state index >= 15 is 0 Å². The Labute approximate surface area is 182 Å². The molecule has 160 valence electrons. The van der Waals surface area contributed by atoms with Gasteiger partial charge in [0.15, 0.2) is 0 Å². The van der Waals surface area contributed by atoms with Gasteiger partial charge in [0, 0.05) is 25.3 Å². The first kappa shape index (κ1) is 19.9. The molecule has 2 aliphatic heterocycles. The quantitative estimate of drug-likeness (QED) is 0.597. The van der Waals surface area contributed by atoms with Crippen molar-refractivity contribution in [3.8, 4) is 5.75 Å². The van der Waals surface area contributed by atoms with Gasteiger partial charge in [-0.25, -0.2) is 0 Å². The number of aryl methyl sites for hydroxylation is 2. The lowest BCUT2D eigenvalue weighted by atomic mass is 9.83. The molecule has 30 heavy (non-hydrogen) atoms. The number of ether oxygens (including phenoxy) is 1. The van der Waals surface area contributed by atoms with Crippen molar-refractivity contribution in [1.29, 1.82) is 0 Å². The van der Waals surface area contributed by atoms with Crippen LogP contribution in [0.2, 0.25) is 0 Å². The predicted octanol–water partition coefficient (Wildman–Crippen LogP) is 5.11. The molecule has 0 saturated carbocycles. The highest BCUT2D eigenvalue weighted by Gasteiger charge is 2.23. The third kappa shape index (κ3) is 4.67. The van der Waals surface area contributed by atoms with E-state index in [9.17, 15) is 0 Å². The molecule has 1 unspecified atom stereocenters. The summed E-state index contributed by atoms with van der Waals surface area (Å²) in [6.07, 6.45) is 10.2. The second-order valence-corrected chi connectivity index (χ2v) is 9.47. The van der Waals surface area contributed by atoms with Crippen molar-refractivity contribution < 1.29 is 4.74 Å². The number of para-hydroxylation sites is 1. The van der Waals surface area contributed by atoms with Crippen LogP contribution in [0.1, 0.15) is 48.8 Å². The van der Waals surface area contributed by atoms with Crippen LogP contribution in [0, 0.1) is 5.92 Å². The Bertz CT molecular complexity index is 843. The Kier molecular flexibility index (Phi) is 6.26. The Hall–Kier alpha value is -2.00. The minimum absolute atomic E-state index is 0.801. The van der Waals surface area contributed by atoms with Crippen LogP contribution >= 0.6 is 0 Å². The number of hydrogen-bond donors (Lipinski definition) is 0. The first-order chi connectivity index (χ1) is 14.8. The molecule has 0 spiro atoms. The van der Waals surface area contributed by atoms with Gasteiger partial charge in [0.1, 0.15) is 5.75 Å². The highest BCUT2D eigenvalue weighted by atomic mass is 16.5. The predicted molar refractivity (Wildman–Crippen MR) is 125 cm³/mol. The molecule has 1 saturated heterocycles. The van der Waals surface area contributed by atoms with Gasteiger partial charge in [-0.2, -0.15) is 0 Å². The van der Waals surface area contributed by atoms with E-state index in [0.717, 1.165) is 31.2 Å². The average Bonchev–Trinajstić information content (AvgIpc) is 3.30. The third-order valence-corrected chi connectivity index (χ3v) is 7.27. The molecule has 3 nitrogen and oxygen atoms in total. The van der Waals surface area contributed by atoms with Crippen molar-refractivity contribution >= 4 is 5.69 Å². The average molecular weight is 405 g/mol. The molecule has 2 heterocycles. The first-order valence-corrected chi connectivity index (χ1v) is 12.1. The van der Waals surface area contributed by atoms with Gasteiger partial charge in [0.2, 0.25) is 0 Å². The first-order valence-electron chi connectivity index (χ1n) is 12.1. The summed E-state index contributed by atoms with van der Waals surface area (Å²) in [5.41, 5.74) is 6.02. The zero-order valence-corrected chi connectivity index (χ0v) is 18.3. The van der Waals surface area contributed by atoms with Crippen molar-refractivity contribution in [3.05, 3.63) is 59.2 Å².